The van der Waals surface area contributed by atoms with Gasteiger partial charge in [-0.15, -0.1) is 0 Å². The lowest BCUT2D eigenvalue weighted by molar-refractivity contribution is -0.127. The summed E-state index contributed by atoms with van der Waals surface area (Å²) >= 11 is 5.93. The molecular weight excluding hydrogens is 276 g/mol. The molecule has 20 heavy (non-hydrogen) atoms. The molecule has 3 rings (SSSR count). The average Bonchev–Trinajstić information content (AvgIpc) is 2.89. The Hall–Kier alpha value is -2.07. The van der Waals surface area contributed by atoms with Crippen molar-refractivity contribution in [1.29, 1.82) is 0 Å². The quantitative estimate of drug-likeness (QED) is 0.943. The number of hydrogen-bond donors (Lipinski definition) is 1. The number of carbonyl (C=O) groups excluding carboxylic acids is 1. The van der Waals surface area contributed by atoms with Crippen LogP contribution in [0.5, 0.6) is 5.75 Å². The van der Waals surface area contributed by atoms with Gasteiger partial charge in [0.05, 0.1) is 0 Å². The van der Waals surface area contributed by atoms with E-state index in [1.54, 1.807) is 24.5 Å². The second-order valence-electron chi connectivity index (χ2n) is 4.64. The van der Waals surface area contributed by atoms with Gasteiger partial charge in [0.1, 0.15) is 5.75 Å². The molecule has 0 saturated carbocycles. The topological polar surface area (TPSA) is 51.2 Å². The molecule has 0 spiro atoms. The fourth-order valence-electron chi connectivity index (χ4n) is 2.17. The van der Waals surface area contributed by atoms with E-state index in [1.165, 1.54) is 0 Å². The molecule has 1 N–H and O–H groups in total. The Balaban J connectivity index is 1.60. The Bertz CT molecular complexity index is 631. The standard InChI is InChI=1S/C15H13ClN2O2/c16-12-3-4-13-11(6-12)7-14(20-13)15(19)18-9-10-2-1-5-17-8-10/h1-6,8,14H,7,9H2,(H,18,19). The van der Waals surface area contributed by atoms with Crippen molar-refractivity contribution in [2.45, 2.75) is 19.1 Å². The van der Waals surface area contributed by atoms with Crippen LogP contribution in [0, 0.1) is 0 Å². The molecule has 102 valence electrons. The molecule has 1 aliphatic rings. The molecular formula is C15H13ClN2O2. The molecule has 1 aliphatic heterocycles. The van der Waals surface area contributed by atoms with Gasteiger partial charge >= 0.3 is 0 Å². The van der Waals surface area contributed by atoms with Crippen LogP contribution in [0.2, 0.25) is 5.02 Å². The smallest absolute Gasteiger partial charge is 0.261 e. The molecule has 1 unspecified atom stereocenters. The van der Waals surface area contributed by atoms with Gasteiger partial charge in [0.2, 0.25) is 0 Å². The van der Waals surface area contributed by atoms with E-state index in [4.69, 9.17) is 16.3 Å². The van der Waals surface area contributed by atoms with Crippen LogP contribution in [0.25, 0.3) is 0 Å². The number of aromatic nitrogens is 1. The third-order valence-electron chi connectivity index (χ3n) is 3.18. The fourth-order valence-corrected chi connectivity index (χ4v) is 2.36. The molecule has 4 nitrogen and oxygen atoms in total. The van der Waals surface area contributed by atoms with Gasteiger partial charge < -0.3 is 10.1 Å². The van der Waals surface area contributed by atoms with E-state index in [9.17, 15) is 4.79 Å². The predicted molar refractivity (Wildman–Crippen MR) is 75.7 cm³/mol. The number of pyridine rings is 1. The van der Waals surface area contributed by atoms with Gasteiger partial charge in [0, 0.05) is 30.4 Å². The SMILES string of the molecule is O=C(NCc1cccnc1)C1Cc2cc(Cl)ccc2O1. The Morgan fingerprint density at radius 2 is 2.35 bits per heavy atom. The van der Waals surface area contributed by atoms with Gasteiger partial charge in [-0.05, 0) is 35.4 Å². The van der Waals surface area contributed by atoms with E-state index in [0.717, 1.165) is 16.9 Å². The summed E-state index contributed by atoms with van der Waals surface area (Å²) in [6.07, 6.45) is 3.49. The number of benzene rings is 1. The van der Waals surface area contributed by atoms with E-state index in [1.807, 2.05) is 18.2 Å². The van der Waals surface area contributed by atoms with Gasteiger partial charge in [-0.2, -0.15) is 0 Å². The molecule has 2 heterocycles. The number of rotatable bonds is 3. The maximum absolute atomic E-state index is 12.1. The predicted octanol–water partition coefficient (Wildman–Crippen LogP) is 2.35. The zero-order chi connectivity index (χ0) is 13.9. The number of halogens is 1. The van der Waals surface area contributed by atoms with E-state index in [-0.39, 0.29) is 5.91 Å². The summed E-state index contributed by atoms with van der Waals surface area (Å²) in [7, 11) is 0. The van der Waals surface area contributed by atoms with Crippen molar-refractivity contribution in [2.24, 2.45) is 0 Å². The Morgan fingerprint density at radius 1 is 1.45 bits per heavy atom. The molecule has 1 aromatic carbocycles. The maximum atomic E-state index is 12.1. The zero-order valence-electron chi connectivity index (χ0n) is 10.7. The number of hydrogen-bond acceptors (Lipinski definition) is 3. The van der Waals surface area contributed by atoms with Gasteiger partial charge in [0.15, 0.2) is 6.10 Å². The van der Waals surface area contributed by atoms with Crippen molar-refractivity contribution in [2.75, 3.05) is 0 Å². The van der Waals surface area contributed by atoms with Gasteiger partial charge in [0.25, 0.3) is 5.91 Å². The minimum atomic E-state index is -0.486. The number of fused-ring (bicyclic) bond motifs is 1. The second-order valence-corrected chi connectivity index (χ2v) is 5.08. The molecule has 0 radical (unpaired) electrons. The number of nitrogens with one attached hydrogen (secondary N) is 1. The van der Waals surface area contributed by atoms with E-state index in [2.05, 4.69) is 10.3 Å². The summed E-state index contributed by atoms with van der Waals surface area (Å²) in [4.78, 5) is 16.1. The van der Waals surface area contributed by atoms with Crippen LogP contribution in [0.3, 0.4) is 0 Å². The number of nitrogens with zero attached hydrogens (tertiary/aromatic N) is 1. The molecule has 0 aliphatic carbocycles. The van der Waals surface area contributed by atoms with Crippen LogP contribution >= 0.6 is 11.6 Å². The normalized spacial score (nSPS) is 16.4. The molecule has 2 aromatic rings. The molecule has 0 fully saturated rings. The Kier molecular flexibility index (Phi) is 3.56. The molecule has 0 saturated heterocycles. The van der Waals surface area contributed by atoms with E-state index in [0.29, 0.717) is 18.0 Å². The highest BCUT2D eigenvalue weighted by molar-refractivity contribution is 6.30. The largest absolute Gasteiger partial charge is 0.480 e. The second kappa shape index (κ2) is 5.51. The van der Waals surface area contributed by atoms with Gasteiger partial charge in [-0.3, -0.25) is 9.78 Å². The van der Waals surface area contributed by atoms with E-state index < -0.39 is 6.10 Å². The van der Waals surface area contributed by atoms with Crippen LogP contribution in [-0.4, -0.2) is 17.0 Å². The third kappa shape index (κ3) is 2.75. The van der Waals surface area contributed by atoms with Crippen molar-refractivity contribution < 1.29 is 9.53 Å². The lowest BCUT2D eigenvalue weighted by Crippen LogP contribution is -2.37. The number of ether oxygens (including phenoxy) is 1. The summed E-state index contributed by atoms with van der Waals surface area (Å²) in [5, 5.41) is 3.51. The molecule has 1 amide bonds. The first kappa shape index (κ1) is 12.9. The first-order valence-electron chi connectivity index (χ1n) is 6.34. The summed E-state index contributed by atoms with van der Waals surface area (Å²) in [6, 6.07) is 9.15. The summed E-state index contributed by atoms with van der Waals surface area (Å²) < 4.78 is 5.63. The fraction of sp³-hybridized carbons (Fsp3) is 0.200. The van der Waals surface area contributed by atoms with Crippen LogP contribution < -0.4 is 10.1 Å². The average molecular weight is 289 g/mol. The van der Waals surface area contributed by atoms with Crippen LogP contribution in [0.1, 0.15) is 11.1 Å². The number of carbonyl (C=O) groups is 1. The van der Waals surface area contributed by atoms with Crippen LogP contribution in [0.15, 0.2) is 42.7 Å². The molecule has 0 bridgehead atoms. The van der Waals surface area contributed by atoms with Crippen molar-refractivity contribution in [3.8, 4) is 5.75 Å². The van der Waals surface area contributed by atoms with Crippen molar-refractivity contribution in [1.82, 2.24) is 10.3 Å². The molecule has 5 heteroatoms. The highest BCUT2D eigenvalue weighted by atomic mass is 35.5. The summed E-state index contributed by atoms with van der Waals surface area (Å²) in [5.74, 6) is 0.608. The minimum Gasteiger partial charge on any atom is -0.480 e. The Morgan fingerprint density at radius 3 is 3.15 bits per heavy atom. The van der Waals surface area contributed by atoms with E-state index >= 15 is 0 Å². The van der Waals surface area contributed by atoms with Crippen LogP contribution in [0.4, 0.5) is 0 Å². The lowest BCUT2D eigenvalue weighted by Gasteiger charge is -2.11. The number of amides is 1. The monoisotopic (exact) mass is 288 g/mol. The lowest BCUT2D eigenvalue weighted by atomic mass is 10.1. The Labute approximate surface area is 121 Å². The van der Waals surface area contributed by atoms with Crippen LogP contribution in [-0.2, 0) is 17.8 Å². The van der Waals surface area contributed by atoms with Crippen molar-refractivity contribution >= 4 is 17.5 Å². The third-order valence-corrected chi connectivity index (χ3v) is 3.41. The summed E-state index contributed by atoms with van der Waals surface area (Å²) in [5.41, 5.74) is 1.93. The van der Waals surface area contributed by atoms with Gasteiger partial charge in [-0.25, -0.2) is 0 Å². The first-order valence-corrected chi connectivity index (χ1v) is 6.72. The molecule has 1 atom stereocenters. The molecule has 1 aromatic heterocycles. The minimum absolute atomic E-state index is 0.124. The van der Waals surface area contributed by atoms with Crippen molar-refractivity contribution in [3.05, 3.63) is 58.9 Å². The maximum Gasteiger partial charge on any atom is 0.261 e. The first-order chi connectivity index (χ1) is 9.72. The van der Waals surface area contributed by atoms with Crippen molar-refractivity contribution in [3.63, 3.8) is 0 Å². The summed E-state index contributed by atoms with van der Waals surface area (Å²) in [6.45, 7) is 0.448. The van der Waals surface area contributed by atoms with Gasteiger partial charge in [-0.1, -0.05) is 17.7 Å². The zero-order valence-corrected chi connectivity index (χ0v) is 11.4. The highest BCUT2D eigenvalue weighted by Gasteiger charge is 2.28. The highest BCUT2D eigenvalue weighted by Crippen LogP contribution is 2.31.